The van der Waals surface area contributed by atoms with Crippen molar-refractivity contribution in [3.05, 3.63) is 23.9 Å². The summed E-state index contributed by atoms with van der Waals surface area (Å²) in [4.78, 5) is 17.5. The van der Waals surface area contributed by atoms with Crippen LogP contribution in [0.25, 0.3) is 0 Å². The number of carbonyl (C=O) groups is 1. The number of likely N-dealkylation sites (N-methyl/N-ethyl adjacent to an activating group) is 1. The molecule has 0 aliphatic carbocycles. The van der Waals surface area contributed by atoms with E-state index >= 15 is 0 Å². The van der Waals surface area contributed by atoms with Gasteiger partial charge in [-0.3, -0.25) is 0 Å². The lowest BCUT2D eigenvalue weighted by molar-refractivity contribution is 0.0525. The normalized spacial score (nSPS) is 12.3. The number of rotatable bonds is 6. The Morgan fingerprint density at radius 1 is 1.44 bits per heavy atom. The first kappa shape index (κ1) is 14.4. The van der Waals surface area contributed by atoms with Gasteiger partial charge in [-0.2, -0.15) is 0 Å². The number of esters is 1. The monoisotopic (exact) mass is 252 g/mol. The minimum atomic E-state index is -0.363. The van der Waals surface area contributed by atoms with Gasteiger partial charge >= 0.3 is 5.97 Å². The summed E-state index contributed by atoms with van der Waals surface area (Å²) >= 11 is 0. The molecule has 5 nitrogen and oxygen atoms in total. The summed E-state index contributed by atoms with van der Waals surface area (Å²) in [5, 5.41) is 0. The Kier molecular flexibility index (Phi) is 5.58. The summed E-state index contributed by atoms with van der Waals surface area (Å²) in [7, 11) is 3.97. The fraction of sp³-hybridized carbons (Fsp3) is 0.538. The molecule has 0 fully saturated rings. The van der Waals surface area contributed by atoms with Gasteiger partial charge in [-0.15, -0.1) is 0 Å². The molecule has 0 aliphatic heterocycles. The number of aromatic nitrogens is 1. The summed E-state index contributed by atoms with van der Waals surface area (Å²) in [6.45, 7) is 4.91. The third-order valence-electron chi connectivity index (χ3n) is 2.19. The van der Waals surface area contributed by atoms with E-state index in [2.05, 4.69) is 4.98 Å². The minimum Gasteiger partial charge on any atom is -0.473 e. The molecule has 0 saturated heterocycles. The van der Waals surface area contributed by atoms with Crippen LogP contribution in [0.5, 0.6) is 5.88 Å². The predicted octanol–water partition coefficient (Wildman–Crippen LogP) is 1.59. The van der Waals surface area contributed by atoms with Crippen molar-refractivity contribution in [2.75, 3.05) is 27.2 Å². The fourth-order valence-electron chi connectivity index (χ4n) is 1.54. The minimum absolute atomic E-state index is 0.0425. The van der Waals surface area contributed by atoms with Crippen molar-refractivity contribution in [2.24, 2.45) is 0 Å². The lowest BCUT2D eigenvalue weighted by Crippen LogP contribution is -2.28. The summed E-state index contributed by atoms with van der Waals surface area (Å²) in [6.07, 6.45) is 1.51. The van der Waals surface area contributed by atoms with Crippen LogP contribution in [0.3, 0.4) is 0 Å². The van der Waals surface area contributed by atoms with Crippen LogP contribution in [0.1, 0.15) is 24.2 Å². The van der Waals surface area contributed by atoms with Crippen molar-refractivity contribution >= 4 is 5.97 Å². The first-order chi connectivity index (χ1) is 8.52. The average molecular weight is 252 g/mol. The van der Waals surface area contributed by atoms with Crippen LogP contribution in [0, 0.1) is 0 Å². The largest absolute Gasteiger partial charge is 0.473 e. The van der Waals surface area contributed by atoms with Crippen LogP contribution in [-0.2, 0) is 4.74 Å². The Morgan fingerprint density at radius 3 is 2.67 bits per heavy atom. The quantitative estimate of drug-likeness (QED) is 0.720. The van der Waals surface area contributed by atoms with Crippen LogP contribution in [0.15, 0.2) is 18.3 Å². The molecule has 1 rings (SSSR count). The molecule has 0 spiro atoms. The van der Waals surface area contributed by atoms with E-state index in [9.17, 15) is 4.79 Å². The van der Waals surface area contributed by atoms with Crippen molar-refractivity contribution < 1.29 is 14.3 Å². The molecule has 100 valence electrons. The SMILES string of the molecule is CCOC(=O)c1ccc(OC(C)CN(C)C)nc1. The van der Waals surface area contributed by atoms with Gasteiger partial charge in [0.15, 0.2) is 0 Å². The van der Waals surface area contributed by atoms with Crippen LogP contribution in [-0.4, -0.2) is 49.2 Å². The number of hydrogen-bond donors (Lipinski definition) is 0. The molecule has 0 saturated carbocycles. The third-order valence-corrected chi connectivity index (χ3v) is 2.19. The highest BCUT2D eigenvalue weighted by atomic mass is 16.5. The summed E-state index contributed by atoms with van der Waals surface area (Å²) in [6, 6.07) is 3.33. The van der Waals surface area contributed by atoms with Gasteiger partial charge in [-0.1, -0.05) is 0 Å². The Morgan fingerprint density at radius 2 is 2.17 bits per heavy atom. The number of hydrogen-bond acceptors (Lipinski definition) is 5. The van der Waals surface area contributed by atoms with Gasteiger partial charge in [0.2, 0.25) is 5.88 Å². The standard InChI is InChI=1S/C13H20N2O3/c1-5-17-13(16)11-6-7-12(14-8-11)18-10(2)9-15(3)4/h6-8,10H,5,9H2,1-4H3. The van der Waals surface area contributed by atoms with Crippen LogP contribution >= 0.6 is 0 Å². The fourth-order valence-corrected chi connectivity index (χ4v) is 1.54. The number of nitrogens with zero attached hydrogens (tertiary/aromatic N) is 2. The van der Waals surface area contributed by atoms with Crippen molar-refractivity contribution in [1.29, 1.82) is 0 Å². The van der Waals surface area contributed by atoms with E-state index in [1.807, 2.05) is 25.9 Å². The summed E-state index contributed by atoms with van der Waals surface area (Å²) < 4.78 is 10.5. The maximum Gasteiger partial charge on any atom is 0.339 e. The zero-order chi connectivity index (χ0) is 13.5. The van der Waals surface area contributed by atoms with E-state index in [4.69, 9.17) is 9.47 Å². The zero-order valence-corrected chi connectivity index (χ0v) is 11.3. The van der Waals surface area contributed by atoms with Crippen molar-refractivity contribution in [2.45, 2.75) is 20.0 Å². The summed E-state index contributed by atoms with van der Waals surface area (Å²) in [5.41, 5.74) is 0.435. The highest BCUT2D eigenvalue weighted by molar-refractivity contribution is 5.89. The van der Waals surface area contributed by atoms with E-state index in [0.29, 0.717) is 18.1 Å². The summed E-state index contributed by atoms with van der Waals surface area (Å²) in [5.74, 6) is 0.148. The first-order valence-electron chi connectivity index (χ1n) is 5.97. The lowest BCUT2D eigenvalue weighted by Gasteiger charge is -2.17. The first-order valence-corrected chi connectivity index (χ1v) is 5.97. The second-order valence-electron chi connectivity index (χ2n) is 4.30. The molecule has 5 heteroatoms. The molecule has 1 atom stereocenters. The van der Waals surface area contributed by atoms with Gasteiger partial charge in [0.1, 0.15) is 6.10 Å². The topological polar surface area (TPSA) is 51.7 Å². The smallest absolute Gasteiger partial charge is 0.339 e. The van der Waals surface area contributed by atoms with Crippen LogP contribution in [0.4, 0.5) is 0 Å². The molecule has 0 aliphatic rings. The number of pyridine rings is 1. The Labute approximate surface area is 108 Å². The highest BCUT2D eigenvalue weighted by Crippen LogP contribution is 2.10. The zero-order valence-electron chi connectivity index (χ0n) is 11.3. The predicted molar refractivity (Wildman–Crippen MR) is 68.8 cm³/mol. The molecule has 0 N–H and O–H groups in total. The lowest BCUT2D eigenvalue weighted by atomic mass is 10.3. The van der Waals surface area contributed by atoms with Gasteiger partial charge in [0.05, 0.1) is 12.2 Å². The number of carbonyl (C=O) groups excluding carboxylic acids is 1. The molecule has 0 amide bonds. The average Bonchev–Trinajstić information content (AvgIpc) is 2.29. The Bertz CT molecular complexity index is 376. The van der Waals surface area contributed by atoms with Crippen LogP contribution < -0.4 is 4.74 Å². The molecular weight excluding hydrogens is 232 g/mol. The molecule has 0 aromatic carbocycles. The van der Waals surface area contributed by atoms with Crippen LogP contribution in [0.2, 0.25) is 0 Å². The van der Waals surface area contributed by atoms with E-state index in [-0.39, 0.29) is 12.1 Å². The van der Waals surface area contributed by atoms with E-state index in [0.717, 1.165) is 6.54 Å². The maximum atomic E-state index is 11.4. The van der Waals surface area contributed by atoms with Gasteiger partial charge in [-0.05, 0) is 34.0 Å². The Hall–Kier alpha value is -1.62. The highest BCUT2D eigenvalue weighted by Gasteiger charge is 2.09. The van der Waals surface area contributed by atoms with Crippen molar-refractivity contribution in [3.63, 3.8) is 0 Å². The number of ether oxygens (including phenoxy) is 2. The van der Waals surface area contributed by atoms with Gasteiger partial charge < -0.3 is 14.4 Å². The van der Waals surface area contributed by atoms with Crippen molar-refractivity contribution in [3.8, 4) is 5.88 Å². The van der Waals surface area contributed by atoms with Gasteiger partial charge in [0.25, 0.3) is 0 Å². The molecule has 1 aromatic rings. The molecule has 0 radical (unpaired) electrons. The van der Waals surface area contributed by atoms with E-state index in [1.165, 1.54) is 6.20 Å². The molecule has 0 bridgehead atoms. The van der Waals surface area contributed by atoms with Gasteiger partial charge in [0, 0.05) is 18.8 Å². The molecular formula is C13H20N2O3. The van der Waals surface area contributed by atoms with Gasteiger partial charge in [-0.25, -0.2) is 9.78 Å². The molecule has 18 heavy (non-hydrogen) atoms. The van der Waals surface area contributed by atoms with E-state index in [1.54, 1.807) is 19.1 Å². The van der Waals surface area contributed by atoms with E-state index < -0.39 is 0 Å². The molecule has 1 heterocycles. The second kappa shape index (κ2) is 6.96. The van der Waals surface area contributed by atoms with Crippen molar-refractivity contribution in [1.82, 2.24) is 9.88 Å². The molecule has 1 aromatic heterocycles. The maximum absolute atomic E-state index is 11.4. The second-order valence-corrected chi connectivity index (χ2v) is 4.30. The molecule has 1 unspecified atom stereocenters. The Balaban J connectivity index is 2.57. The third kappa shape index (κ3) is 4.71.